The first-order valence-corrected chi connectivity index (χ1v) is 6.64. The van der Waals surface area contributed by atoms with Crippen molar-refractivity contribution in [2.24, 2.45) is 5.92 Å². The van der Waals surface area contributed by atoms with Crippen molar-refractivity contribution in [2.75, 3.05) is 43.6 Å². The van der Waals surface area contributed by atoms with Crippen LogP contribution in [-0.4, -0.2) is 43.3 Å². The molecule has 1 aliphatic heterocycles. The Morgan fingerprint density at radius 2 is 2.39 bits per heavy atom. The van der Waals surface area contributed by atoms with Gasteiger partial charge in [-0.1, -0.05) is 0 Å². The summed E-state index contributed by atoms with van der Waals surface area (Å²) in [5.74, 6) is 2.36. The van der Waals surface area contributed by atoms with Gasteiger partial charge in [0, 0.05) is 26.7 Å². The van der Waals surface area contributed by atoms with E-state index >= 15 is 0 Å². The second-order valence-corrected chi connectivity index (χ2v) is 4.76. The van der Waals surface area contributed by atoms with E-state index in [0.29, 0.717) is 5.92 Å². The van der Waals surface area contributed by atoms with Gasteiger partial charge < -0.3 is 15.0 Å². The molecule has 5 nitrogen and oxygen atoms in total. The van der Waals surface area contributed by atoms with Gasteiger partial charge in [0.05, 0.1) is 19.0 Å². The van der Waals surface area contributed by atoms with E-state index in [9.17, 15) is 0 Å². The lowest BCUT2D eigenvalue weighted by Gasteiger charge is -2.27. The average Bonchev–Trinajstić information content (AvgIpc) is 2.40. The molecule has 1 aliphatic rings. The van der Waals surface area contributed by atoms with Crippen LogP contribution in [0.4, 0.5) is 11.6 Å². The third-order valence-corrected chi connectivity index (χ3v) is 3.16. The Morgan fingerprint density at radius 1 is 1.50 bits per heavy atom. The molecule has 0 aromatic carbocycles. The van der Waals surface area contributed by atoms with Crippen LogP contribution in [0.15, 0.2) is 12.4 Å². The molecular formula is C13H22N4O. The SMILES string of the molecule is CCNc1cncc(N(C)CC2CCCOC2)n1. The monoisotopic (exact) mass is 250 g/mol. The van der Waals surface area contributed by atoms with Gasteiger partial charge in [0.2, 0.25) is 0 Å². The highest BCUT2D eigenvalue weighted by atomic mass is 16.5. The molecule has 1 aromatic heterocycles. The smallest absolute Gasteiger partial charge is 0.149 e. The lowest BCUT2D eigenvalue weighted by molar-refractivity contribution is 0.0576. The standard InChI is InChI=1S/C13H22N4O/c1-3-15-12-7-14-8-13(16-12)17(2)9-11-5-4-6-18-10-11/h7-8,11H,3-6,9-10H2,1-2H3,(H,15,16). The molecule has 5 heteroatoms. The molecule has 18 heavy (non-hydrogen) atoms. The fraction of sp³-hybridized carbons (Fsp3) is 0.692. The topological polar surface area (TPSA) is 50.3 Å². The van der Waals surface area contributed by atoms with E-state index in [1.165, 1.54) is 12.8 Å². The van der Waals surface area contributed by atoms with Crippen molar-refractivity contribution in [3.63, 3.8) is 0 Å². The first-order chi connectivity index (χ1) is 8.79. The van der Waals surface area contributed by atoms with E-state index in [4.69, 9.17) is 4.74 Å². The highest BCUT2D eigenvalue weighted by Gasteiger charge is 2.16. The Balaban J connectivity index is 1.94. The van der Waals surface area contributed by atoms with E-state index in [0.717, 1.165) is 37.9 Å². The number of rotatable bonds is 5. The van der Waals surface area contributed by atoms with Crippen LogP contribution in [-0.2, 0) is 4.74 Å². The van der Waals surface area contributed by atoms with Crippen molar-refractivity contribution in [3.8, 4) is 0 Å². The Morgan fingerprint density at radius 3 is 3.11 bits per heavy atom. The third kappa shape index (κ3) is 3.57. The van der Waals surface area contributed by atoms with Gasteiger partial charge in [-0.15, -0.1) is 0 Å². The van der Waals surface area contributed by atoms with Gasteiger partial charge in [-0.3, -0.25) is 4.98 Å². The number of hydrogen-bond acceptors (Lipinski definition) is 5. The van der Waals surface area contributed by atoms with Crippen LogP contribution in [0, 0.1) is 5.92 Å². The molecule has 1 N–H and O–H groups in total. The van der Waals surface area contributed by atoms with Crippen LogP contribution in [0.1, 0.15) is 19.8 Å². The minimum absolute atomic E-state index is 0.605. The zero-order valence-electron chi connectivity index (χ0n) is 11.2. The number of nitrogens with zero attached hydrogens (tertiary/aromatic N) is 3. The number of hydrogen-bond donors (Lipinski definition) is 1. The Bertz CT molecular complexity index is 366. The second-order valence-electron chi connectivity index (χ2n) is 4.76. The molecule has 2 heterocycles. The number of ether oxygens (including phenoxy) is 1. The van der Waals surface area contributed by atoms with Crippen LogP contribution in [0.5, 0.6) is 0 Å². The summed E-state index contributed by atoms with van der Waals surface area (Å²) in [6.45, 7) is 5.67. The van der Waals surface area contributed by atoms with Crippen LogP contribution in [0.25, 0.3) is 0 Å². The average molecular weight is 250 g/mol. The van der Waals surface area contributed by atoms with Gasteiger partial charge in [0.15, 0.2) is 0 Å². The predicted molar refractivity (Wildman–Crippen MR) is 73.0 cm³/mol. The molecule has 100 valence electrons. The molecule has 0 bridgehead atoms. The molecule has 1 fully saturated rings. The fourth-order valence-electron chi connectivity index (χ4n) is 2.24. The highest BCUT2D eigenvalue weighted by molar-refractivity contribution is 5.43. The lowest BCUT2D eigenvalue weighted by Crippen LogP contribution is -2.31. The van der Waals surface area contributed by atoms with E-state index < -0.39 is 0 Å². The summed E-state index contributed by atoms with van der Waals surface area (Å²) in [4.78, 5) is 10.9. The van der Waals surface area contributed by atoms with E-state index in [1.54, 1.807) is 6.20 Å². The lowest BCUT2D eigenvalue weighted by atomic mass is 10.0. The molecule has 0 amide bonds. The molecule has 1 aromatic rings. The summed E-state index contributed by atoms with van der Waals surface area (Å²) in [6.07, 6.45) is 5.97. The molecule has 1 saturated heterocycles. The number of aromatic nitrogens is 2. The van der Waals surface area contributed by atoms with Gasteiger partial charge in [-0.25, -0.2) is 4.98 Å². The van der Waals surface area contributed by atoms with Crippen LogP contribution >= 0.6 is 0 Å². The van der Waals surface area contributed by atoms with Crippen LogP contribution in [0.3, 0.4) is 0 Å². The quantitative estimate of drug-likeness (QED) is 0.863. The molecule has 2 rings (SSSR count). The van der Waals surface area contributed by atoms with Crippen LogP contribution in [0.2, 0.25) is 0 Å². The molecular weight excluding hydrogens is 228 g/mol. The van der Waals surface area contributed by atoms with E-state index in [2.05, 4.69) is 34.2 Å². The molecule has 0 aliphatic carbocycles. The zero-order chi connectivity index (χ0) is 12.8. The van der Waals surface area contributed by atoms with Crippen molar-refractivity contribution in [2.45, 2.75) is 19.8 Å². The Labute approximate surface area is 109 Å². The molecule has 0 radical (unpaired) electrons. The first kappa shape index (κ1) is 13.1. The normalized spacial score (nSPS) is 19.6. The molecule has 0 spiro atoms. The van der Waals surface area contributed by atoms with E-state index in [1.807, 2.05) is 6.20 Å². The molecule has 1 unspecified atom stereocenters. The first-order valence-electron chi connectivity index (χ1n) is 6.64. The molecule has 1 atom stereocenters. The fourth-order valence-corrected chi connectivity index (χ4v) is 2.24. The maximum atomic E-state index is 5.51. The van der Waals surface area contributed by atoms with Crippen molar-refractivity contribution in [1.29, 1.82) is 0 Å². The predicted octanol–water partition coefficient (Wildman–Crippen LogP) is 1.77. The third-order valence-electron chi connectivity index (χ3n) is 3.16. The van der Waals surface area contributed by atoms with Gasteiger partial charge in [0.25, 0.3) is 0 Å². The minimum Gasteiger partial charge on any atom is -0.381 e. The zero-order valence-corrected chi connectivity index (χ0v) is 11.2. The summed E-state index contributed by atoms with van der Waals surface area (Å²) in [7, 11) is 2.06. The van der Waals surface area contributed by atoms with Gasteiger partial charge in [0.1, 0.15) is 11.6 Å². The summed E-state index contributed by atoms with van der Waals surface area (Å²) >= 11 is 0. The maximum Gasteiger partial charge on any atom is 0.149 e. The number of nitrogens with one attached hydrogen (secondary N) is 1. The van der Waals surface area contributed by atoms with Crippen molar-refractivity contribution in [3.05, 3.63) is 12.4 Å². The maximum absolute atomic E-state index is 5.51. The van der Waals surface area contributed by atoms with E-state index in [-0.39, 0.29) is 0 Å². The summed E-state index contributed by atoms with van der Waals surface area (Å²) < 4.78 is 5.51. The highest BCUT2D eigenvalue weighted by Crippen LogP contribution is 2.18. The van der Waals surface area contributed by atoms with Gasteiger partial charge >= 0.3 is 0 Å². The molecule has 0 saturated carbocycles. The van der Waals surface area contributed by atoms with Crippen LogP contribution < -0.4 is 10.2 Å². The number of anilines is 2. The Kier molecular flexibility index (Phi) is 4.75. The van der Waals surface area contributed by atoms with Crippen molar-refractivity contribution in [1.82, 2.24) is 9.97 Å². The van der Waals surface area contributed by atoms with Crippen molar-refractivity contribution < 1.29 is 4.74 Å². The van der Waals surface area contributed by atoms with Gasteiger partial charge in [-0.2, -0.15) is 0 Å². The summed E-state index contributed by atoms with van der Waals surface area (Å²) in [5, 5.41) is 3.18. The van der Waals surface area contributed by atoms with Gasteiger partial charge in [-0.05, 0) is 25.7 Å². The second kappa shape index (κ2) is 6.54. The minimum atomic E-state index is 0.605. The summed E-state index contributed by atoms with van der Waals surface area (Å²) in [6, 6.07) is 0. The Hall–Kier alpha value is -1.36. The summed E-state index contributed by atoms with van der Waals surface area (Å²) in [5.41, 5.74) is 0. The van der Waals surface area contributed by atoms with Crippen molar-refractivity contribution >= 4 is 11.6 Å². The largest absolute Gasteiger partial charge is 0.381 e.